The first-order valence-electron chi connectivity index (χ1n) is 6.68. The number of primary sulfonamides is 1. The molecule has 1 unspecified atom stereocenters. The van der Waals surface area contributed by atoms with Gasteiger partial charge < -0.3 is 15.4 Å². The summed E-state index contributed by atoms with van der Waals surface area (Å²) in [5.74, 6) is -0.136. The van der Waals surface area contributed by atoms with Crippen LogP contribution in [0.2, 0.25) is 0 Å². The summed E-state index contributed by atoms with van der Waals surface area (Å²) >= 11 is 0. The minimum absolute atomic E-state index is 0. The SMILES string of the molecule is Cl.NS(=O)(=O)c1ccc(CCNC(=O)C2CNCCO2)cc1. The average Bonchev–Trinajstić information content (AvgIpc) is 2.47. The number of halogens is 1. The molecule has 1 aromatic carbocycles. The summed E-state index contributed by atoms with van der Waals surface area (Å²) in [6.07, 6.45) is 0.167. The molecule has 0 aromatic heterocycles. The zero-order valence-electron chi connectivity index (χ0n) is 11.9. The number of ether oxygens (including phenoxy) is 1. The summed E-state index contributed by atoms with van der Waals surface area (Å²) in [5.41, 5.74) is 0.922. The van der Waals surface area contributed by atoms with Crippen molar-refractivity contribution in [2.45, 2.75) is 17.4 Å². The number of carbonyl (C=O) groups is 1. The number of nitrogens with one attached hydrogen (secondary N) is 2. The summed E-state index contributed by atoms with van der Waals surface area (Å²) in [5, 5.41) is 10.9. The molecule has 22 heavy (non-hydrogen) atoms. The van der Waals surface area contributed by atoms with Gasteiger partial charge in [0.2, 0.25) is 15.9 Å². The molecule has 0 bridgehead atoms. The minimum atomic E-state index is -3.66. The van der Waals surface area contributed by atoms with E-state index in [0.717, 1.165) is 12.1 Å². The number of morpholine rings is 1. The van der Waals surface area contributed by atoms with E-state index in [1.54, 1.807) is 12.1 Å². The van der Waals surface area contributed by atoms with Crippen LogP contribution in [-0.4, -0.2) is 46.7 Å². The van der Waals surface area contributed by atoms with Crippen LogP contribution in [-0.2, 0) is 26.0 Å². The lowest BCUT2D eigenvalue weighted by molar-refractivity contribution is -0.134. The van der Waals surface area contributed by atoms with Crippen molar-refractivity contribution in [2.24, 2.45) is 5.14 Å². The number of nitrogens with two attached hydrogens (primary N) is 1. The van der Waals surface area contributed by atoms with Crippen molar-refractivity contribution in [3.63, 3.8) is 0 Å². The monoisotopic (exact) mass is 349 g/mol. The van der Waals surface area contributed by atoms with Gasteiger partial charge in [0.15, 0.2) is 0 Å². The molecule has 1 aliphatic rings. The van der Waals surface area contributed by atoms with E-state index in [1.807, 2.05) is 0 Å². The van der Waals surface area contributed by atoms with Gasteiger partial charge in [-0.15, -0.1) is 12.4 Å². The van der Waals surface area contributed by atoms with Crippen molar-refractivity contribution in [3.8, 4) is 0 Å². The molecule has 0 spiro atoms. The summed E-state index contributed by atoms with van der Waals surface area (Å²) < 4.78 is 27.6. The fourth-order valence-electron chi connectivity index (χ4n) is 2.02. The lowest BCUT2D eigenvalue weighted by atomic mass is 10.1. The number of sulfonamides is 1. The largest absolute Gasteiger partial charge is 0.366 e. The number of rotatable bonds is 5. The molecule has 1 aromatic rings. The number of benzene rings is 1. The van der Waals surface area contributed by atoms with Crippen LogP contribution in [0, 0.1) is 0 Å². The van der Waals surface area contributed by atoms with E-state index in [1.165, 1.54) is 12.1 Å². The fraction of sp³-hybridized carbons (Fsp3) is 0.462. The zero-order valence-corrected chi connectivity index (χ0v) is 13.6. The number of amides is 1. The van der Waals surface area contributed by atoms with Crippen LogP contribution in [0.4, 0.5) is 0 Å². The lowest BCUT2D eigenvalue weighted by Gasteiger charge is -2.22. The molecular formula is C13H20ClN3O4S. The van der Waals surface area contributed by atoms with Gasteiger partial charge in [0.05, 0.1) is 11.5 Å². The first kappa shape index (κ1) is 18.9. The number of carbonyl (C=O) groups excluding carboxylic acids is 1. The zero-order chi connectivity index (χ0) is 15.3. The Kier molecular flexibility index (Phi) is 7.24. The van der Waals surface area contributed by atoms with E-state index in [-0.39, 0.29) is 23.2 Å². The van der Waals surface area contributed by atoms with Crippen LogP contribution in [0.3, 0.4) is 0 Å². The summed E-state index contributed by atoms with van der Waals surface area (Å²) in [4.78, 5) is 11.9. The highest BCUT2D eigenvalue weighted by molar-refractivity contribution is 7.89. The third kappa shape index (κ3) is 5.54. The molecule has 1 atom stereocenters. The normalized spacial score (nSPS) is 18.3. The minimum Gasteiger partial charge on any atom is -0.366 e. The van der Waals surface area contributed by atoms with Gasteiger partial charge in [-0.05, 0) is 24.1 Å². The van der Waals surface area contributed by atoms with Crippen LogP contribution < -0.4 is 15.8 Å². The predicted molar refractivity (Wildman–Crippen MR) is 84.4 cm³/mol. The van der Waals surface area contributed by atoms with E-state index >= 15 is 0 Å². The molecule has 1 heterocycles. The van der Waals surface area contributed by atoms with Gasteiger partial charge in [0, 0.05) is 19.6 Å². The van der Waals surface area contributed by atoms with Gasteiger partial charge in [0.1, 0.15) is 6.10 Å². The molecule has 0 saturated carbocycles. The second kappa shape index (κ2) is 8.44. The van der Waals surface area contributed by atoms with Crippen molar-refractivity contribution in [3.05, 3.63) is 29.8 Å². The third-order valence-corrected chi connectivity index (χ3v) is 4.11. The molecule has 1 fully saturated rings. The summed E-state index contributed by atoms with van der Waals surface area (Å²) in [7, 11) is -3.66. The van der Waals surface area contributed by atoms with Gasteiger partial charge in [-0.3, -0.25) is 4.79 Å². The number of hydrogen-bond acceptors (Lipinski definition) is 5. The second-order valence-electron chi connectivity index (χ2n) is 4.79. The Labute approximate surface area is 136 Å². The van der Waals surface area contributed by atoms with Crippen molar-refractivity contribution < 1.29 is 17.9 Å². The van der Waals surface area contributed by atoms with Crippen molar-refractivity contribution in [1.29, 1.82) is 0 Å². The van der Waals surface area contributed by atoms with E-state index < -0.39 is 16.1 Å². The van der Waals surface area contributed by atoms with E-state index in [9.17, 15) is 13.2 Å². The van der Waals surface area contributed by atoms with Crippen LogP contribution in [0.15, 0.2) is 29.2 Å². The molecule has 0 aliphatic carbocycles. The Balaban J connectivity index is 0.00000242. The maximum Gasteiger partial charge on any atom is 0.250 e. The van der Waals surface area contributed by atoms with Gasteiger partial charge >= 0.3 is 0 Å². The van der Waals surface area contributed by atoms with Crippen LogP contribution in [0.25, 0.3) is 0 Å². The molecular weight excluding hydrogens is 330 g/mol. The molecule has 0 radical (unpaired) electrons. The average molecular weight is 350 g/mol. The van der Waals surface area contributed by atoms with Crippen LogP contribution in [0.5, 0.6) is 0 Å². The third-order valence-electron chi connectivity index (χ3n) is 3.18. The highest BCUT2D eigenvalue weighted by Crippen LogP contribution is 2.09. The predicted octanol–water partition coefficient (Wildman–Crippen LogP) is -0.597. The molecule has 4 N–H and O–H groups in total. The van der Waals surface area contributed by atoms with Crippen LogP contribution >= 0.6 is 12.4 Å². The highest BCUT2D eigenvalue weighted by atomic mass is 35.5. The quantitative estimate of drug-likeness (QED) is 0.657. The highest BCUT2D eigenvalue weighted by Gasteiger charge is 2.20. The Morgan fingerprint density at radius 1 is 1.36 bits per heavy atom. The fourth-order valence-corrected chi connectivity index (χ4v) is 2.54. The lowest BCUT2D eigenvalue weighted by Crippen LogP contribution is -2.48. The van der Waals surface area contributed by atoms with Gasteiger partial charge in [-0.2, -0.15) is 0 Å². The smallest absolute Gasteiger partial charge is 0.250 e. The number of hydrogen-bond donors (Lipinski definition) is 3. The van der Waals surface area contributed by atoms with Crippen molar-refractivity contribution in [1.82, 2.24) is 10.6 Å². The first-order valence-corrected chi connectivity index (χ1v) is 8.23. The van der Waals surface area contributed by atoms with Crippen LogP contribution in [0.1, 0.15) is 5.56 Å². The Hall–Kier alpha value is -1.19. The Morgan fingerprint density at radius 2 is 2.05 bits per heavy atom. The summed E-state index contributed by atoms with van der Waals surface area (Å²) in [6.45, 7) is 2.29. The Bertz CT molecular complexity index is 586. The molecule has 2 rings (SSSR count). The van der Waals surface area contributed by atoms with Gasteiger partial charge in [0.25, 0.3) is 0 Å². The summed E-state index contributed by atoms with van der Waals surface area (Å²) in [6, 6.07) is 6.29. The Morgan fingerprint density at radius 3 is 2.59 bits per heavy atom. The second-order valence-corrected chi connectivity index (χ2v) is 6.35. The first-order chi connectivity index (χ1) is 9.97. The molecule has 1 aliphatic heterocycles. The van der Waals surface area contributed by atoms with Gasteiger partial charge in [-0.1, -0.05) is 12.1 Å². The maximum absolute atomic E-state index is 11.8. The topological polar surface area (TPSA) is 111 Å². The van der Waals surface area contributed by atoms with Gasteiger partial charge in [-0.25, -0.2) is 13.6 Å². The molecule has 124 valence electrons. The maximum atomic E-state index is 11.8. The van der Waals surface area contributed by atoms with Crippen molar-refractivity contribution >= 4 is 28.3 Å². The van der Waals surface area contributed by atoms with E-state index in [0.29, 0.717) is 26.1 Å². The standard InChI is InChI=1S/C13H19N3O4S.ClH/c14-21(18,19)11-3-1-10(2-4-11)5-6-16-13(17)12-9-15-7-8-20-12;/h1-4,12,15H,5-9H2,(H,16,17)(H2,14,18,19);1H. The molecule has 7 nitrogen and oxygen atoms in total. The molecule has 9 heteroatoms. The van der Waals surface area contributed by atoms with E-state index in [4.69, 9.17) is 9.88 Å². The molecule has 1 saturated heterocycles. The van der Waals surface area contributed by atoms with E-state index in [2.05, 4.69) is 10.6 Å². The van der Waals surface area contributed by atoms with Crippen molar-refractivity contribution in [2.75, 3.05) is 26.2 Å². The molecule has 1 amide bonds.